The molecule has 23 heavy (non-hydrogen) atoms. The lowest BCUT2D eigenvalue weighted by Crippen LogP contribution is -2.34. The highest BCUT2D eigenvalue weighted by Gasteiger charge is 2.14. The number of hydrogen-bond donors (Lipinski definition) is 0. The summed E-state index contributed by atoms with van der Waals surface area (Å²) in [6.45, 7) is 4.90. The first-order chi connectivity index (χ1) is 10.8. The molecule has 0 saturated heterocycles. The third-order valence-electron chi connectivity index (χ3n) is 3.10. The summed E-state index contributed by atoms with van der Waals surface area (Å²) in [5, 5.41) is 0.842. The fourth-order valence-electron chi connectivity index (χ4n) is 1.98. The molecular weight excluding hydrogens is 337 g/mol. The van der Waals surface area contributed by atoms with Crippen LogP contribution >= 0.6 is 23.2 Å². The molecule has 0 aromatic heterocycles. The Balaban J connectivity index is 2.81. The third kappa shape index (κ3) is 6.63. The van der Waals surface area contributed by atoms with E-state index in [9.17, 15) is 9.59 Å². The first kappa shape index (κ1) is 19.5. The zero-order valence-electron chi connectivity index (χ0n) is 13.5. The first-order valence-electron chi connectivity index (χ1n) is 7.33. The van der Waals surface area contributed by atoms with Gasteiger partial charge in [0.15, 0.2) is 0 Å². The Labute approximate surface area is 147 Å². The lowest BCUT2D eigenvalue weighted by atomic mass is 10.1. The average Bonchev–Trinajstić information content (AvgIpc) is 2.51. The normalized spacial score (nSPS) is 11.0. The molecule has 0 N–H and O–H groups in total. The molecule has 4 nitrogen and oxygen atoms in total. The van der Waals surface area contributed by atoms with Gasteiger partial charge in [-0.1, -0.05) is 49.2 Å². The van der Waals surface area contributed by atoms with Crippen molar-refractivity contribution in [2.24, 2.45) is 5.92 Å². The van der Waals surface area contributed by atoms with Crippen LogP contribution in [0.1, 0.15) is 25.8 Å². The number of methoxy groups -OCH3 is 1. The van der Waals surface area contributed by atoms with E-state index in [4.69, 9.17) is 23.2 Å². The molecule has 0 aliphatic rings. The van der Waals surface area contributed by atoms with Crippen LogP contribution in [0.4, 0.5) is 0 Å². The second kappa shape index (κ2) is 9.58. The minimum Gasteiger partial charge on any atom is -0.469 e. The summed E-state index contributed by atoms with van der Waals surface area (Å²) in [5.74, 6) is -0.230. The summed E-state index contributed by atoms with van der Waals surface area (Å²) in [5.41, 5.74) is 0.671. The van der Waals surface area contributed by atoms with Gasteiger partial charge in [0.1, 0.15) is 0 Å². The SMILES string of the molecule is COC(=O)CCN(CC(C)C)C(=O)C=Cc1cccc(Cl)c1Cl. The minimum atomic E-state index is -0.339. The molecule has 0 spiro atoms. The van der Waals surface area contributed by atoms with Gasteiger partial charge in [-0.3, -0.25) is 9.59 Å². The molecule has 0 bridgehead atoms. The summed E-state index contributed by atoms with van der Waals surface area (Å²) < 4.78 is 4.62. The minimum absolute atomic E-state index is 0.167. The number of carbonyl (C=O) groups excluding carboxylic acids is 2. The fourth-order valence-corrected chi connectivity index (χ4v) is 2.35. The van der Waals surface area contributed by atoms with E-state index in [-0.39, 0.29) is 18.3 Å². The number of carbonyl (C=O) groups is 2. The molecule has 0 aliphatic heterocycles. The largest absolute Gasteiger partial charge is 0.469 e. The van der Waals surface area contributed by atoms with E-state index in [0.29, 0.717) is 34.6 Å². The van der Waals surface area contributed by atoms with E-state index in [1.807, 2.05) is 13.8 Å². The summed E-state index contributed by atoms with van der Waals surface area (Å²) in [6.07, 6.45) is 3.24. The van der Waals surface area contributed by atoms with Crippen molar-refractivity contribution in [2.45, 2.75) is 20.3 Å². The van der Waals surface area contributed by atoms with E-state index >= 15 is 0 Å². The van der Waals surface area contributed by atoms with E-state index in [2.05, 4.69) is 4.74 Å². The predicted octanol–water partition coefficient (Wildman–Crippen LogP) is 4.05. The highest BCUT2D eigenvalue weighted by Crippen LogP contribution is 2.26. The molecule has 0 saturated carbocycles. The van der Waals surface area contributed by atoms with Crippen LogP contribution in [0.2, 0.25) is 10.0 Å². The molecule has 1 aromatic rings. The van der Waals surface area contributed by atoms with Crippen LogP contribution in [0.25, 0.3) is 6.08 Å². The van der Waals surface area contributed by atoms with Gasteiger partial charge in [0.05, 0.1) is 23.6 Å². The van der Waals surface area contributed by atoms with Crippen LogP contribution in [0.5, 0.6) is 0 Å². The van der Waals surface area contributed by atoms with Crippen LogP contribution in [0, 0.1) is 5.92 Å². The summed E-state index contributed by atoms with van der Waals surface area (Å²) in [6, 6.07) is 5.23. The van der Waals surface area contributed by atoms with Gasteiger partial charge in [0.25, 0.3) is 0 Å². The maximum atomic E-state index is 12.4. The molecule has 0 unspecified atom stereocenters. The van der Waals surface area contributed by atoms with Crippen molar-refractivity contribution in [1.82, 2.24) is 4.90 Å². The Morgan fingerprint density at radius 1 is 1.30 bits per heavy atom. The zero-order chi connectivity index (χ0) is 17.4. The molecule has 0 fully saturated rings. The molecule has 0 aliphatic carbocycles. The van der Waals surface area contributed by atoms with Gasteiger partial charge < -0.3 is 9.64 Å². The monoisotopic (exact) mass is 357 g/mol. The Kier molecular flexibility index (Phi) is 8.13. The summed E-state index contributed by atoms with van der Waals surface area (Å²) in [4.78, 5) is 25.3. The Morgan fingerprint density at radius 2 is 2.00 bits per heavy atom. The molecular formula is C17H21Cl2NO3. The zero-order valence-corrected chi connectivity index (χ0v) is 15.0. The highest BCUT2D eigenvalue weighted by atomic mass is 35.5. The standard InChI is InChI=1S/C17H21Cl2NO3/c1-12(2)11-20(10-9-16(22)23-3)15(21)8-7-13-5-4-6-14(18)17(13)19/h4-8,12H,9-11H2,1-3H3. The van der Waals surface area contributed by atoms with Gasteiger partial charge in [-0.15, -0.1) is 0 Å². The lowest BCUT2D eigenvalue weighted by Gasteiger charge is -2.22. The van der Waals surface area contributed by atoms with Crippen LogP contribution < -0.4 is 0 Å². The van der Waals surface area contributed by atoms with Crippen LogP contribution in [-0.2, 0) is 14.3 Å². The Hall–Kier alpha value is -1.52. The third-order valence-corrected chi connectivity index (χ3v) is 3.93. The predicted molar refractivity (Wildman–Crippen MR) is 93.5 cm³/mol. The van der Waals surface area contributed by atoms with Gasteiger partial charge >= 0.3 is 5.97 Å². The van der Waals surface area contributed by atoms with Crippen molar-refractivity contribution < 1.29 is 14.3 Å². The number of rotatable bonds is 7. The van der Waals surface area contributed by atoms with Crippen molar-refractivity contribution in [3.8, 4) is 0 Å². The van der Waals surface area contributed by atoms with Crippen molar-refractivity contribution in [2.75, 3.05) is 20.2 Å². The lowest BCUT2D eigenvalue weighted by molar-refractivity contribution is -0.141. The fraction of sp³-hybridized carbons (Fsp3) is 0.412. The van der Waals surface area contributed by atoms with E-state index in [1.54, 1.807) is 29.2 Å². The Morgan fingerprint density at radius 3 is 2.61 bits per heavy atom. The molecule has 1 aromatic carbocycles. The number of halogens is 2. The quantitative estimate of drug-likeness (QED) is 0.546. The van der Waals surface area contributed by atoms with Crippen molar-refractivity contribution in [3.63, 3.8) is 0 Å². The molecule has 126 valence electrons. The average molecular weight is 358 g/mol. The van der Waals surface area contributed by atoms with Crippen molar-refractivity contribution in [3.05, 3.63) is 39.9 Å². The number of amides is 1. The van der Waals surface area contributed by atoms with Gasteiger partial charge in [0, 0.05) is 19.2 Å². The molecule has 0 heterocycles. The molecule has 0 atom stereocenters. The number of esters is 1. The molecule has 6 heteroatoms. The van der Waals surface area contributed by atoms with E-state index in [0.717, 1.165) is 0 Å². The van der Waals surface area contributed by atoms with Crippen LogP contribution in [-0.4, -0.2) is 37.0 Å². The van der Waals surface area contributed by atoms with E-state index < -0.39 is 0 Å². The van der Waals surface area contributed by atoms with Crippen molar-refractivity contribution in [1.29, 1.82) is 0 Å². The first-order valence-corrected chi connectivity index (χ1v) is 8.08. The van der Waals surface area contributed by atoms with E-state index in [1.165, 1.54) is 13.2 Å². The smallest absolute Gasteiger partial charge is 0.307 e. The van der Waals surface area contributed by atoms with Gasteiger partial charge in [-0.05, 0) is 23.6 Å². The van der Waals surface area contributed by atoms with Crippen LogP contribution in [0.3, 0.4) is 0 Å². The molecule has 0 radical (unpaired) electrons. The summed E-state index contributed by atoms with van der Waals surface area (Å²) in [7, 11) is 1.33. The topological polar surface area (TPSA) is 46.6 Å². The second-order valence-electron chi connectivity index (χ2n) is 5.48. The number of nitrogens with zero attached hydrogens (tertiary/aromatic N) is 1. The number of benzene rings is 1. The van der Waals surface area contributed by atoms with Crippen LogP contribution in [0.15, 0.2) is 24.3 Å². The number of ether oxygens (including phenoxy) is 1. The van der Waals surface area contributed by atoms with Gasteiger partial charge in [-0.2, -0.15) is 0 Å². The summed E-state index contributed by atoms with van der Waals surface area (Å²) >= 11 is 12.0. The van der Waals surface area contributed by atoms with Gasteiger partial charge in [0.2, 0.25) is 5.91 Å². The maximum Gasteiger partial charge on any atom is 0.307 e. The number of hydrogen-bond acceptors (Lipinski definition) is 3. The molecule has 1 rings (SSSR count). The maximum absolute atomic E-state index is 12.4. The Bertz CT molecular complexity index is 585. The molecule has 1 amide bonds. The van der Waals surface area contributed by atoms with Gasteiger partial charge in [-0.25, -0.2) is 0 Å². The van der Waals surface area contributed by atoms with Crippen molar-refractivity contribution >= 4 is 41.2 Å². The second-order valence-corrected chi connectivity index (χ2v) is 6.27. The highest BCUT2D eigenvalue weighted by molar-refractivity contribution is 6.42.